The molecule has 0 aliphatic heterocycles. The fourth-order valence-electron chi connectivity index (χ4n) is 0.709. The molecule has 0 fully saturated rings. The molecule has 0 aromatic rings. The minimum Gasteiger partial charge on any atom is -0.396 e. The average molecular weight is 262 g/mol. The van der Waals surface area contributed by atoms with Crippen molar-refractivity contribution in [3.63, 3.8) is 0 Å². The average Bonchev–Trinajstić information content (AvgIpc) is 2.10. The van der Waals surface area contributed by atoms with Gasteiger partial charge < -0.3 is 10.2 Å². The highest BCUT2D eigenvalue weighted by atomic mass is 32.3. The lowest BCUT2D eigenvalue weighted by Crippen LogP contribution is -2.20. The molecule has 0 bridgehead atoms. The van der Waals surface area contributed by atoms with Crippen molar-refractivity contribution >= 4 is 20.2 Å². The highest BCUT2D eigenvalue weighted by Gasteiger charge is 2.21. The zero-order chi connectivity index (χ0) is 11.9. The minimum absolute atomic E-state index is 0.0855. The highest BCUT2D eigenvalue weighted by Crippen LogP contribution is 2.05. The molecule has 0 aromatic heterocycles. The van der Waals surface area contributed by atoms with Crippen LogP contribution in [-0.2, 0) is 23.9 Å². The Hall–Kier alpha value is -0.220. The number of aliphatic hydroxyl groups is 2. The molecule has 0 aliphatic carbocycles. The van der Waals surface area contributed by atoms with Gasteiger partial charge in [0.25, 0.3) is 20.2 Å². The van der Waals surface area contributed by atoms with Gasteiger partial charge in [0.15, 0.2) is 0 Å². The molecule has 15 heavy (non-hydrogen) atoms. The molecule has 0 heterocycles. The monoisotopic (exact) mass is 262 g/mol. The van der Waals surface area contributed by atoms with Crippen LogP contribution in [0.4, 0.5) is 0 Å². The van der Waals surface area contributed by atoms with E-state index in [0.29, 0.717) is 0 Å². The lowest BCUT2D eigenvalue weighted by Gasteiger charge is -2.04. The van der Waals surface area contributed by atoms with E-state index in [1.54, 1.807) is 0 Å². The fourth-order valence-corrected chi connectivity index (χ4v) is 3.48. The van der Waals surface area contributed by atoms with Gasteiger partial charge in [-0.15, -0.1) is 3.63 Å². The Bertz CT molecular complexity index is 319. The number of hydrogen-bond acceptors (Lipinski definition) is 7. The summed E-state index contributed by atoms with van der Waals surface area (Å²) in [4.78, 5) is 0. The van der Waals surface area contributed by atoms with Crippen LogP contribution < -0.4 is 0 Å². The zero-order valence-corrected chi connectivity index (χ0v) is 9.63. The first-order valence-electron chi connectivity index (χ1n) is 4.21. The van der Waals surface area contributed by atoms with E-state index in [2.05, 4.69) is 3.63 Å². The van der Waals surface area contributed by atoms with Gasteiger partial charge in [0.05, 0.1) is 11.5 Å². The van der Waals surface area contributed by atoms with Crippen LogP contribution >= 0.6 is 0 Å². The summed E-state index contributed by atoms with van der Waals surface area (Å²) in [6.45, 7) is -0.724. The topological polar surface area (TPSA) is 118 Å². The lowest BCUT2D eigenvalue weighted by molar-refractivity contribution is 0.293. The number of rotatable bonds is 8. The van der Waals surface area contributed by atoms with Gasteiger partial charge in [0.1, 0.15) is 0 Å². The fraction of sp³-hybridized carbons (Fsp3) is 1.00. The molecule has 0 spiro atoms. The second kappa shape index (κ2) is 6.38. The van der Waals surface area contributed by atoms with Gasteiger partial charge in [0, 0.05) is 13.2 Å². The Morgan fingerprint density at radius 1 is 0.800 bits per heavy atom. The predicted molar refractivity (Wildman–Crippen MR) is 52.1 cm³/mol. The van der Waals surface area contributed by atoms with Crippen LogP contribution in [0, 0.1) is 0 Å². The summed E-state index contributed by atoms with van der Waals surface area (Å²) in [6, 6.07) is 0. The van der Waals surface area contributed by atoms with Crippen molar-refractivity contribution in [2.24, 2.45) is 0 Å². The summed E-state index contributed by atoms with van der Waals surface area (Å²) in [7, 11) is -8.32. The maximum absolute atomic E-state index is 11.0. The van der Waals surface area contributed by atoms with Gasteiger partial charge in [-0.2, -0.15) is 16.8 Å². The Labute approximate surface area is 88.9 Å². The van der Waals surface area contributed by atoms with Crippen LogP contribution in [0.25, 0.3) is 0 Å². The van der Waals surface area contributed by atoms with Gasteiger partial charge >= 0.3 is 0 Å². The molecule has 7 nitrogen and oxygen atoms in total. The van der Waals surface area contributed by atoms with Gasteiger partial charge in [-0.05, 0) is 12.8 Å². The number of hydrogen-bond donors (Lipinski definition) is 2. The van der Waals surface area contributed by atoms with Crippen molar-refractivity contribution in [3.05, 3.63) is 0 Å². The standard InChI is InChI=1S/C6H14O7S2/c7-3-1-5-14(9,10)13-15(11,12)6-2-4-8/h7-8H,1-6H2. The van der Waals surface area contributed by atoms with E-state index in [-0.39, 0.29) is 26.1 Å². The quantitative estimate of drug-likeness (QED) is 0.542. The molecule has 0 atom stereocenters. The predicted octanol–water partition coefficient (Wildman–Crippen LogP) is -1.57. The third kappa shape index (κ3) is 7.68. The second-order valence-electron chi connectivity index (χ2n) is 2.75. The SMILES string of the molecule is O=S(=O)(CCCO)OS(=O)(=O)CCCO. The molecular weight excluding hydrogens is 248 g/mol. The van der Waals surface area contributed by atoms with Crippen LogP contribution in [0.1, 0.15) is 12.8 Å². The maximum Gasteiger partial charge on any atom is 0.281 e. The molecule has 92 valence electrons. The first-order chi connectivity index (χ1) is 6.83. The third-order valence-corrected chi connectivity index (χ3v) is 4.55. The Kier molecular flexibility index (Phi) is 6.29. The Balaban J connectivity index is 4.32. The first-order valence-corrected chi connectivity index (χ1v) is 7.36. The van der Waals surface area contributed by atoms with E-state index < -0.39 is 31.7 Å². The zero-order valence-electron chi connectivity index (χ0n) is 7.99. The highest BCUT2D eigenvalue weighted by molar-refractivity contribution is 7.99. The Morgan fingerprint density at radius 3 is 1.40 bits per heavy atom. The van der Waals surface area contributed by atoms with Crippen LogP contribution in [0.2, 0.25) is 0 Å². The largest absolute Gasteiger partial charge is 0.396 e. The lowest BCUT2D eigenvalue weighted by atomic mass is 10.5. The first kappa shape index (κ1) is 14.8. The van der Waals surface area contributed by atoms with Crippen LogP contribution in [-0.4, -0.2) is 51.8 Å². The van der Waals surface area contributed by atoms with E-state index in [1.807, 2.05) is 0 Å². The molecule has 0 rings (SSSR count). The third-order valence-electron chi connectivity index (χ3n) is 1.31. The molecule has 0 aliphatic rings. The summed E-state index contributed by atoms with van der Waals surface area (Å²) in [5, 5.41) is 16.7. The van der Waals surface area contributed by atoms with Gasteiger partial charge in [0.2, 0.25) is 0 Å². The van der Waals surface area contributed by atoms with Gasteiger partial charge in [-0.3, -0.25) is 0 Å². The number of aliphatic hydroxyl groups excluding tert-OH is 2. The van der Waals surface area contributed by atoms with Crippen molar-refractivity contribution in [1.29, 1.82) is 0 Å². The molecule has 9 heteroatoms. The van der Waals surface area contributed by atoms with Crippen LogP contribution in [0.3, 0.4) is 0 Å². The summed E-state index contributed by atoms with van der Waals surface area (Å²) in [6.07, 6.45) is -0.171. The van der Waals surface area contributed by atoms with Crippen LogP contribution in [0.15, 0.2) is 0 Å². The van der Waals surface area contributed by atoms with Crippen molar-refractivity contribution in [3.8, 4) is 0 Å². The van der Waals surface area contributed by atoms with Crippen molar-refractivity contribution < 1.29 is 30.7 Å². The van der Waals surface area contributed by atoms with Gasteiger partial charge in [-0.1, -0.05) is 0 Å². The second-order valence-corrected chi connectivity index (χ2v) is 6.34. The molecule has 0 radical (unpaired) electrons. The molecular formula is C6H14O7S2. The van der Waals surface area contributed by atoms with E-state index in [9.17, 15) is 16.8 Å². The van der Waals surface area contributed by atoms with Gasteiger partial charge in [-0.25, -0.2) is 0 Å². The summed E-state index contributed by atoms with van der Waals surface area (Å²) in [5.41, 5.74) is 0. The maximum atomic E-state index is 11.0. The van der Waals surface area contributed by atoms with Crippen molar-refractivity contribution in [2.75, 3.05) is 24.7 Å². The van der Waals surface area contributed by atoms with Crippen molar-refractivity contribution in [2.45, 2.75) is 12.8 Å². The van der Waals surface area contributed by atoms with E-state index in [1.165, 1.54) is 0 Å². The Morgan fingerprint density at radius 2 is 1.13 bits per heavy atom. The van der Waals surface area contributed by atoms with Crippen LogP contribution in [0.5, 0.6) is 0 Å². The summed E-state index contributed by atoms with van der Waals surface area (Å²) < 4.78 is 47.9. The molecule has 0 saturated heterocycles. The van der Waals surface area contributed by atoms with E-state index >= 15 is 0 Å². The normalized spacial score (nSPS) is 12.9. The van der Waals surface area contributed by atoms with Crippen molar-refractivity contribution in [1.82, 2.24) is 0 Å². The smallest absolute Gasteiger partial charge is 0.281 e. The van der Waals surface area contributed by atoms with E-state index in [4.69, 9.17) is 10.2 Å². The molecule has 2 N–H and O–H groups in total. The molecule has 0 saturated carbocycles. The molecule has 0 amide bonds. The molecule has 0 aromatic carbocycles. The summed E-state index contributed by atoms with van der Waals surface area (Å²) in [5.74, 6) is -1.11. The van der Waals surface area contributed by atoms with E-state index in [0.717, 1.165) is 0 Å². The molecule has 0 unspecified atom stereocenters. The summed E-state index contributed by atoms with van der Waals surface area (Å²) >= 11 is 0. The minimum atomic E-state index is -4.16.